The molecule has 0 saturated carbocycles. The Balaban J connectivity index is 1.93. The number of hydrogen-bond donors (Lipinski definition) is 3. The van der Waals surface area contributed by atoms with Crippen molar-refractivity contribution >= 4 is 22.7 Å². The standard InChI is InChI=1S/C20H19F2N3O2/c1-11(20(23)27)24-18(26)9-7-15-16-10-14(22)6-8-17(16)25-19(15)12-2-4-13(21)5-3-12/h2-6,8,10-11,25H,7,9H2,1H3,(H2,23,27)(H,24,26). The number of primary amides is 1. The Morgan fingerprint density at radius 1 is 1.11 bits per heavy atom. The molecule has 0 bridgehead atoms. The van der Waals surface area contributed by atoms with Crippen molar-refractivity contribution in [2.45, 2.75) is 25.8 Å². The fraction of sp³-hybridized carbons (Fsp3) is 0.200. The Hall–Kier alpha value is -3.22. The smallest absolute Gasteiger partial charge is 0.239 e. The van der Waals surface area contributed by atoms with Gasteiger partial charge in [-0.3, -0.25) is 9.59 Å². The number of carbonyl (C=O) groups excluding carboxylic acids is 2. The van der Waals surface area contributed by atoms with Crippen LogP contribution in [0.1, 0.15) is 18.9 Å². The minimum Gasteiger partial charge on any atom is -0.368 e. The summed E-state index contributed by atoms with van der Waals surface area (Å²) in [5.41, 5.74) is 8.05. The maximum Gasteiger partial charge on any atom is 0.239 e. The van der Waals surface area contributed by atoms with Gasteiger partial charge in [-0.05, 0) is 66.9 Å². The molecule has 27 heavy (non-hydrogen) atoms. The molecule has 1 aromatic heterocycles. The molecule has 2 aromatic carbocycles. The van der Waals surface area contributed by atoms with Crippen LogP contribution in [0, 0.1) is 11.6 Å². The van der Waals surface area contributed by atoms with Gasteiger partial charge in [0.05, 0.1) is 0 Å². The van der Waals surface area contributed by atoms with Crippen molar-refractivity contribution in [3.05, 3.63) is 59.7 Å². The molecule has 0 aliphatic heterocycles. The first-order chi connectivity index (χ1) is 12.8. The first-order valence-electron chi connectivity index (χ1n) is 8.50. The molecule has 140 valence electrons. The van der Waals surface area contributed by atoms with Crippen LogP contribution < -0.4 is 11.1 Å². The first kappa shape index (κ1) is 18.6. The lowest BCUT2D eigenvalue weighted by atomic mass is 10.0. The van der Waals surface area contributed by atoms with Crippen molar-refractivity contribution < 1.29 is 18.4 Å². The molecule has 0 saturated heterocycles. The van der Waals surface area contributed by atoms with E-state index in [1.807, 2.05) is 0 Å². The van der Waals surface area contributed by atoms with Crippen LogP contribution in [0.25, 0.3) is 22.2 Å². The molecule has 3 aromatic rings. The average molecular weight is 371 g/mol. The second kappa shape index (κ2) is 7.57. The molecule has 3 rings (SSSR count). The average Bonchev–Trinajstić information content (AvgIpc) is 2.98. The molecule has 0 aliphatic rings. The van der Waals surface area contributed by atoms with Crippen molar-refractivity contribution in [3.8, 4) is 11.3 Å². The Kier molecular flexibility index (Phi) is 5.21. The zero-order valence-electron chi connectivity index (χ0n) is 14.7. The van der Waals surface area contributed by atoms with Crippen LogP contribution in [-0.2, 0) is 16.0 Å². The monoisotopic (exact) mass is 371 g/mol. The van der Waals surface area contributed by atoms with Crippen molar-refractivity contribution in [1.29, 1.82) is 0 Å². The third kappa shape index (κ3) is 4.13. The molecule has 4 N–H and O–H groups in total. The van der Waals surface area contributed by atoms with Gasteiger partial charge >= 0.3 is 0 Å². The Bertz CT molecular complexity index is 996. The van der Waals surface area contributed by atoms with E-state index in [0.717, 1.165) is 16.6 Å². The largest absolute Gasteiger partial charge is 0.368 e. The lowest BCUT2D eigenvalue weighted by Crippen LogP contribution is -2.42. The van der Waals surface area contributed by atoms with Gasteiger partial charge in [-0.15, -0.1) is 0 Å². The van der Waals surface area contributed by atoms with Gasteiger partial charge in [0.15, 0.2) is 0 Å². The van der Waals surface area contributed by atoms with Gasteiger partial charge in [-0.2, -0.15) is 0 Å². The summed E-state index contributed by atoms with van der Waals surface area (Å²) in [6.07, 6.45) is 0.406. The summed E-state index contributed by atoms with van der Waals surface area (Å²) in [6.45, 7) is 1.51. The van der Waals surface area contributed by atoms with E-state index < -0.39 is 11.9 Å². The maximum absolute atomic E-state index is 13.7. The normalized spacial score (nSPS) is 12.1. The van der Waals surface area contributed by atoms with Gasteiger partial charge in [0, 0.05) is 23.0 Å². The number of benzene rings is 2. The quantitative estimate of drug-likeness (QED) is 0.622. The number of H-pyrrole nitrogens is 1. The number of aryl methyl sites for hydroxylation is 1. The molecule has 0 radical (unpaired) electrons. The Labute approximate surface area is 154 Å². The van der Waals surface area contributed by atoms with Crippen LogP contribution in [0.3, 0.4) is 0 Å². The van der Waals surface area contributed by atoms with E-state index in [2.05, 4.69) is 10.3 Å². The minimum atomic E-state index is -0.769. The highest BCUT2D eigenvalue weighted by Gasteiger charge is 2.17. The lowest BCUT2D eigenvalue weighted by Gasteiger charge is -2.10. The van der Waals surface area contributed by atoms with Crippen LogP contribution in [0.15, 0.2) is 42.5 Å². The summed E-state index contributed by atoms with van der Waals surface area (Å²) in [5, 5.41) is 3.18. The molecule has 0 fully saturated rings. The van der Waals surface area contributed by atoms with E-state index >= 15 is 0 Å². The fourth-order valence-corrected chi connectivity index (χ4v) is 2.97. The van der Waals surface area contributed by atoms with Gasteiger partial charge in [-0.25, -0.2) is 8.78 Å². The zero-order valence-corrected chi connectivity index (χ0v) is 14.7. The number of fused-ring (bicyclic) bond motifs is 1. The van der Waals surface area contributed by atoms with Crippen molar-refractivity contribution in [2.75, 3.05) is 0 Å². The number of nitrogens with one attached hydrogen (secondary N) is 2. The summed E-state index contributed by atoms with van der Waals surface area (Å²) in [4.78, 5) is 26.4. The second-order valence-corrected chi connectivity index (χ2v) is 6.37. The second-order valence-electron chi connectivity index (χ2n) is 6.37. The summed E-state index contributed by atoms with van der Waals surface area (Å²) < 4.78 is 27.0. The van der Waals surface area contributed by atoms with Gasteiger partial charge in [0.2, 0.25) is 11.8 Å². The highest BCUT2D eigenvalue weighted by Crippen LogP contribution is 2.32. The van der Waals surface area contributed by atoms with Crippen molar-refractivity contribution in [3.63, 3.8) is 0 Å². The van der Waals surface area contributed by atoms with Crippen LogP contribution in [0.2, 0.25) is 0 Å². The molecular formula is C20H19F2N3O2. The first-order valence-corrected chi connectivity index (χ1v) is 8.50. The summed E-state index contributed by atoms with van der Waals surface area (Å²) in [5.74, 6) is -1.70. The molecule has 1 unspecified atom stereocenters. The van der Waals surface area contributed by atoms with Crippen molar-refractivity contribution in [1.82, 2.24) is 10.3 Å². The van der Waals surface area contributed by atoms with Crippen LogP contribution in [0.5, 0.6) is 0 Å². The van der Waals surface area contributed by atoms with Gasteiger partial charge in [0.1, 0.15) is 17.7 Å². The summed E-state index contributed by atoms with van der Waals surface area (Å²) in [6, 6.07) is 9.52. The number of rotatable bonds is 6. The van der Waals surface area contributed by atoms with Crippen LogP contribution in [-0.4, -0.2) is 22.8 Å². The summed E-state index contributed by atoms with van der Waals surface area (Å²) >= 11 is 0. The number of aromatic nitrogens is 1. The Morgan fingerprint density at radius 2 is 1.78 bits per heavy atom. The lowest BCUT2D eigenvalue weighted by molar-refractivity contribution is -0.126. The minimum absolute atomic E-state index is 0.0925. The third-order valence-electron chi connectivity index (χ3n) is 4.41. The van der Waals surface area contributed by atoms with E-state index in [0.29, 0.717) is 17.5 Å². The number of carbonyl (C=O) groups is 2. The van der Waals surface area contributed by atoms with Crippen LogP contribution in [0.4, 0.5) is 8.78 Å². The molecule has 7 heteroatoms. The number of hydrogen-bond acceptors (Lipinski definition) is 2. The molecule has 0 spiro atoms. The SMILES string of the molecule is CC(NC(=O)CCc1c(-c2ccc(F)cc2)[nH]c2ccc(F)cc12)C(N)=O. The Morgan fingerprint density at radius 3 is 2.44 bits per heavy atom. The van der Waals surface area contributed by atoms with E-state index in [9.17, 15) is 18.4 Å². The molecule has 0 aliphatic carbocycles. The molecular weight excluding hydrogens is 352 g/mol. The highest BCUT2D eigenvalue weighted by molar-refractivity contribution is 5.92. The topological polar surface area (TPSA) is 88.0 Å². The van der Waals surface area contributed by atoms with E-state index in [1.165, 1.54) is 31.2 Å². The number of nitrogens with two attached hydrogens (primary N) is 1. The fourth-order valence-electron chi connectivity index (χ4n) is 2.97. The zero-order chi connectivity index (χ0) is 19.6. The van der Waals surface area contributed by atoms with E-state index in [1.54, 1.807) is 18.2 Å². The molecule has 1 atom stereocenters. The number of halogens is 2. The highest BCUT2D eigenvalue weighted by atomic mass is 19.1. The maximum atomic E-state index is 13.7. The van der Waals surface area contributed by atoms with E-state index in [4.69, 9.17) is 5.73 Å². The molecule has 1 heterocycles. The third-order valence-corrected chi connectivity index (χ3v) is 4.41. The number of amides is 2. The van der Waals surface area contributed by atoms with Gasteiger partial charge in [0.25, 0.3) is 0 Å². The molecule has 5 nitrogen and oxygen atoms in total. The van der Waals surface area contributed by atoms with Crippen molar-refractivity contribution in [2.24, 2.45) is 5.73 Å². The van der Waals surface area contributed by atoms with Crippen LogP contribution >= 0.6 is 0 Å². The van der Waals surface area contributed by atoms with E-state index in [-0.39, 0.29) is 24.0 Å². The predicted octanol–water partition coefficient (Wildman–Crippen LogP) is 3.04. The molecule has 2 amide bonds. The number of aromatic amines is 1. The van der Waals surface area contributed by atoms with Gasteiger partial charge < -0.3 is 16.0 Å². The van der Waals surface area contributed by atoms with Gasteiger partial charge in [-0.1, -0.05) is 0 Å². The summed E-state index contributed by atoms with van der Waals surface area (Å²) in [7, 11) is 0. The predicted molar refractivity (Wildman–Crippen MR) is 98.8 cm³/mol.